The highest BCUT2D eigenvalue weighted by Crippen LogP contribution is 2.13. The molecule has 1 heterocycles. The number of aromatic hydroxyl groups is 1. The first-order valence-corrected chi connectivity index (χ1v) is 4.87. The Bertz CT molecular complexity index is 540. The second-order valence-corrected chi connectivity index (χ2v) is 3.37. The van der Waals surface area contributed by atoms with E-state index in [-0.39, 0.29) is 5.75 Å². The van der Waals surface area contributed by atoms with Gasteiger partial charge in [0.25, 0.3) is 5.91 Å². The Labute approximate surface area is 96.7 Å². The third-order valence-corrected chi connectivity index (χ3v) is 2.09. The number of carbonyl (C=O) groups excluding carboxylic acids is 1. The number of benzene rings is 1. The molecule has 0 saturated heterocycles. The lowest BCUT2D eigenvalue weighted by Gasteiger charge is -2.04. The summed E-state index contributed by atoms with van der Waals surface area (Å²) < 4.78 is 12.5. The number of carbonyl (C=O) groups is 1. The van der Waals surface area contributed by atoms with Gasteiger partial charge in [0.05, 0.1) is 11.9 Å². The number of amides is 1. The molecule has 86 valence electrons. The van der Waals surface area contributed by atoms with Crippen LogP contribution in [-0.2, 0) is 0 Å². The van der Waals surface area contributed by atoms with Crippen molar-refractivity contribution in [3.8, 4) is 5.75 Å². The molecular weight excluding hydrogens is 223 g/mol. The quantitative estimate of drug-likeness (QED) is 0.780. The van der Waals surface area contributed by atoms with Gasteiger partial charge in [-0.1, -0.05) is 6.07 Å². The summed E-state index contributed by atoms with van der Waals surface area (Å²) in [5, 5.41) is 11.8. The molecule has 0 aliphatic rings. The van der Waals surface area contributed by atoms with Crippen molar-refractivity contribution in [3.63, 3.8) is 0 Å². The highest BCUT2D eigenvalue weighted by Gasteiger charge is 2.06. The van der Waals surface area contributed by atoms with Crippen LogP contribution in [0.3, 0.4) is 0 Å². The minimum absolute atomic E-state index is 0.00915. The molecule has 1 aromatic carbocycles. The maximum absolute atomic E-state index is 12.5. The first kappa shape index (κ1) is 11.1. The molecule has 0 spiro atoms. The normalized spacial score (nSPS) is 9.94. The second-order valence-electron chi connectivity index (χ2n) is 3.37. The fraction of sp³-hybridized carbons (Fsp3) is 0. The van der Waals surface area contributed by atoms with Crippen LogP contribution in [0.2, 0.25) is 0 Å². The van der Waals surface area contributed by atoms with Gasteiger partial charge >= 0.3 is 0 Å². The zero-order valence-corrected chi connectivity index (χ0v) is 8.72. The minimum atomic E-state index is -0.611. The molecule has 1 aromatic heterocycles. The number of hydrogen-bond acceptors (Lipinski definition) is 3. The van der Waals surface area contributed by atoms with Gasteiger partial charge in [0.1, 0.15) is 5.75 Å². The molecule has 5 heteroatoms. The fourth-order valence-electron chi connectivity index (χ4n) is 1.30. The van der Waals surface area contributed by atoms with Gasteiger partial charge in [-0.3, -0.25) is 4.79 Å². The molecule has 0 fully saturated rings. The van der Waals surface area contributed by atoms with E-state index in [1.54, 1.807) is 12.1 Å². The van der Waals surface area contributed by atoms with Crippen molar-refractivity contribution in [2.75, 3.05) is 5.32 Å². The number of hydrogen-bond donors (Lipinski definition) is 2. The molecule has 4 nitrogen and oxygen atoms in total. The molecule has 0 aliphatic heterocycles. The lowest BCUT2D eigenvalue weighted by Crippen LogP contribution is -2.11. The Hall–Kier alpha value is -2.43. The van der Waals surface area contributed by atoms with Crippen molar-refractivity contribution in [2.45, 2.75) is 0 Å². The first-order chi connectivity index (χ1) is 8.15. The minimum Gasteiger partial charge on any atom is -0.508 e. The summed E-state index contributed by atoms with van der Waals surface area (Å²) in [5.74, 6) is -0.996. The van der Waals surface area contributed by atoms with Crippen LogP contribution in [0.5, 0.6) is 5.75 Å². The topological polar surface area (TPSA) is 62.2 Å². The molecule has 0 unspecified atom stereocenters. The van der Waals surface area contributed by atoms with Gasteiger partial charge in [0.15, 0.2) is 0 Å². The molecule has 0 aliphatic carbocycles. The van der Waals surface area contributed by atoms with Crippen molar-refractivity contribution in [3.05, 3.63) is 54.1 Å². The third kappa shape index (κ3) is 2.78. The number of pyridine rings is 1. The summed E-state index contributed by atoms with van der Waals surface area (Å²) >= 11 is 0. The van der Waals surface area contributed by atoms with E-state index in [2.05, 4.69) is 10.3 Å². The summed E-state index contributed by atoms with van der Waals surface area (Å²) in [7, 11) is 0. The first-order valence-electron chi connectivity index (χ1n) is 4.87. The lowest BCUT2D eigenvalue weighted by atomic mass is 10.2. The predicted octanol–water partition coefficient (Wildman–Crippen LogP) is 2.18. The van der Waals surface area contributed by atoms with E-state index in [0.29, 0.717) is 11.3 Å². The molecule has 2 aromatic rings. The molecule has 2 N–H and O–H groups in total. The van der Waals surface area contributed by atoms with Gasteiger partial charge in [-0.15, -0.1) is 0 Å². The molecule has 0 radical (unpaired) electrons. The molecule has 0 atom stereocenters. The average molecular weight is 232 g/mol. The Morgan fingerprint density at radius 1 is 1.29 bits per heavy atom. The predicted molar refractivity (Wildman–Crippen MR) is 60.3 cm³/mol. The molecule has 0 saturated carbocycles. The van der Waals surface area contributed by atoms with Crippen LogP contribution < -0.4 is 5.32 Å². The summed E-state index contributed by atoms with van der Waals surface area (Å²) in [6.45, 7) is 0. The number of halogens is 1. The zero-order chi connectivity index (χ0) is 12.3. The number of phenolic OH excluding ortho intramolecular Hbond substituents is 1. The summed E-state index contributed by atoms with van der Waals surface area (Å²) in [5.41, 5.74) is 0.703. The molecule has 1 amide bonds. The van der Waals surface area contributed by atoms with Gasteiger partial charge in [-0.25, -0.2) is 4.98 Å². The van der Waals surface area contributed by atoms with E-state index in [1.165, 1.54) is 24.4 Å². The number of anilines is 1. The standard InChI is InChI=1S/C12H9FN2O2/c13-11-5-4-9(7-14-11)15-12(17)8-2-1-3-10(16)6-8/h1-7,16H,(H,15,17). The van der Waals surface area contributed by atoms with Crippen LogP contribution >= 0.6 is 0 Å². The number of phenols is 1. The van der Waals surface area contributed by atoms with Crippen molar-refractivity contribution >= 4 is 11.6 Å². The van der Waals surface area contributed by atoms with E-state index in [1.807, 2.05) is 0 Å². The SMILES string of the molecule is O=C(Nc1ccc(F)nc1)c1cccc(O)c1. The summed E-state index contributed by atoms with van der Waals surface area (Å²) in [4.78, 5) is 15.1. The van der Waals surface area contributed by atoms with Crippen molar-refractivity contribution < 1.29 is 14.3 Å². The summed E-state index contributed by atoms with van der Waals surface area (Å²) in [6, 6.07) is 8.49. The number of nitrogens with zero attached hydrogens (tertiary/aromatic N) is 1. The lowest BCUT2D eigenvalue weighted by molar-refractivity contribution is 0.102. The van der Waals surface area contributed by atoms with E-state index in [4.69, 9.17) is 0 Å². The van der Waals surface area contributed by atoms with Crippen LogP contribution in [0.15, 0.2) is 42.6 Å². The molecule has 17 heavy (non-hydrogen) atoms. The van der Waals surface area contributed by atoms with Crippen LogP contribution in [0.4, 0.5) is 10.1 Å². The Morgan fingerprint density at radius 3 is 2.76 bits per heavy atom. The summed E-state index contributed by atoms with van der Waals surface area (Å²) in [6.07, 6.45) is 1.22. The fourth-order valence-corrected chi connectivity index (χ4v) is 1.30. The van der Waals surface area contributed by atoms with E-state index in [0.717, 1.165) is 6.07 Å². The van der Waals surface area contributed by atoms with Gasteiger partial charge in [0.2, 0.25) is 5.95 Å². The highest BCUT2D eigenvalue weighted by atomic mass is 19.1. The van der Waals surface area contributed by atoms with E-state index >= 15 is 0 Å². The second kappa shape index (κ2) is 4.61. The maximum Gasteiger partial charge on any atom is 0.255 e. The Morgan fingerprint density at radius 2 is 2.12 bits per heavy atom. The monoisotopic (exact) mass is 232 g/mol. The van der Waals surface area contributed by atoms with Crippen LogP contribution in [0, 0.1) is 5.95 Å². The van der Waals surface area contributed by atoms with Crippen LogP contribution in [0.25, 0.3) is 0 Å². The van der Waals surface area contributed by atoms with E-state index < -0.39 is 11.9 Å². The molecule has 2 rings (SSSR count). The van der Waals surface area contributed by atoms with Gasteiger partial charge in [-0.05, 0) is 30.3 Å². The molecule has 0 bridgehead atoms. The maximum atomic E-state index is 12.5. The number of aromatic nitrogens is 1. The van der Waals surface area contributed by atoms with Gasteiger partial charge < -0.3 is 10.4 Å². The number of rotatable bonds is 2. The van der Waals surface area contributed by atoms with Crippen LogP contribution in [-0.4, -0.2) is 16.0 Å². The third-order valence-electron chi connectivity index (χ3n) is 2.09. The van der Waals surface area contributed by atoms with Crippen molar-refractivity contribution in [2.24, 2.45) is 0 Å². The largest absolute Gasteiger partial charge is 0.508 e. The van der Waals surface area contributed by atoms with Gasteiger partial charge in [0, 0.05) is 5.56 Å². The van der Waals surface area contributed by atoms with Crippen LogP contribution in [0.1, 0.15) is 10.4 Å². The number of nitrogens with one attached hydrogen (secondary N) is 1. The smallest absolute Gasteiger partial charge is 0.255 e. The van der Waals surface area contributed by atoms with Gasteiger partial charge in [-0.2, -0.15) is 4.39 Å². The zero-order valence-electron chi connectivity index (χ0n) is 8.72. The Kier molecular flexibility index (Phi) is 3.00. The van der Waals surface area contributed by atoms with E-state index in [9.17, 15) is 14.3 Å². The highest BCUT2D eigenvalue weighted by molar-refractivity contribution is 6.04. The van der Waals surface area contributed by atoms with Crippen molar-refractivity contribution in [1.29, 1.82) is 0 Å². The van der Waals surface area contributed by atoms with Crippen molar-refractivity contribution in [1.82, 2.24) is 4.98 Å². The molecular formula is C12H9FN2O2. The Balaban J connectivity index is 2.14. The average Bonchev–Trinajstić information content (AvgIpc) is 2.32.